The Morgan fingerprint density at radius 3 is 2.55 bits per heavy atom. The van der Waals surface area contributed by atoms with Crippen LogP contribution in [0.2, 0.25) is 0 Å². The molecule has 0 saturated carbocycles. The molecule has 0 aliphatic carbocycles. The van der Waals surface area contributed by atoms with Gasteiger partial charge >= 0.3 is 0 Å². The molecule has 3 N–H and O–H groups in total. The van der Waals surface area contributed by atoms with Crippen LogP contribution in [-0.2, 0) is 0 Å². The first-order valence-corrected chi connectivity index (χ1v) is 7.82. The maximum Gasteiger partial charge on any atom is 0.251 e. The number of anilines is 1. The van der Waals surface area contributed by atoms with Gasteiger partial charge < -0.3 is 20.7 Å². The molecule has 0 aromatic heterocycles. The predicted molar refractivity (Wildman–Crippen MR) is 89.2 cm³/mol. The quantitative estimate of drug-likeness (QED) is 0.841. The fourth-order valence-corrected chi connectivity index (χ4v) is 2.52. The third kappa shape index (κ3) is 4.63. The summed E-state index contributed by atoms with van der Waals surface area (Å²) in [6.45, 7) is 7.91. The Morgan fingerprint density at radius 1 is 1.32 bits per heavy atom. The topological polar surface area (TPSA) is 67.6 Å². The van der Waals surface area contributed by atoms with E-state index < -0.39 is 0 Å². The van der Waals surface area contributed by atoms with Crippen LogP contribution in [0, 0.1) is 0 Å². The minimum absolute atomic E-state index is 0.0617. The van der Waals surface area contributed by atoms with Crippen LogP contribution in [0.25, 0.3) is 0 Å². The van der Waals surface area contributed by atoms with Crippen LogP contribution in [0.4, 0.5) is 5.69 Å². The number of hydrogen-bond acceptors (Lipinski definition) is 4. The molecule has 5 heteroatoms. The van der Waals surface area contributed by atoms with Crippen molar-refractivity contribution in [3.63, 3.8) is 0 Å². The Balaban J connectivity index is 2.05. The largest absolute Gasteiger partial charge is 0.486 e. The van der Waals surface area contributed by atoms with Gasteiger partial charge in [-0.05, 0) is 71.9 Å². The van der Waals surface area contributed by atoms with Crippen molar-refractivity contribution in [1.29, 1.82) is 0 Å². The van der Waals surface area contributed by atoms with Crippen molar-refractivity contribution in [3.05, 3.63) is 23.8 Å². The number of nitrogens with two attached hydrogens (primary N) is 1. The molecule has 1 aromatic rings. The number of likely N-dealkylation sites (tertiary alicyclic amines) is 1. The Bertz CT molecular complexity index is 529. The first-order chi connectivity index (χ1) is 10.2. The summed E-state index contributed by atoms with van der Waals surface area (Å²) in [7, 11) is 2.11. The molecule has 1 fully saturated rings. The molecule has 1 amide bonds. The van der Waals surface area contributed by atoms with Crippen molar-refractivity contribution in [3.8, 4) is 5.75 Å². The van der Waals surface area contributed by atoms with Gasteiger partial charge in [-0.1, -0.05) is 0 Å². The van der Waals surface area contributed by atoms with E-state index in [9.17, 15) is 4.79 Å². The van der Waals surface area contributed by atoms with E-state index in [2.05, 4.69) is 17.3 Å². The molecular formula is C17H27N3O2. The maximum absolute atomic E-state index is 12.4. The lowest BCUT2D eigenvalue weighted by molar-refractivity contribution is 0.0914. The molecule has 1 aliphatic rings. The number of hydrogen-bond donors (Lipinski definition) is 2. The van der Waals surface area contributed by atoms with E-state index in [1.807, 2.05) is 20.8 Å². The standard InChI is InChI=1S/C17H27N3O2/c1-17(2,3)22-15-11-12(5-6-14(15)18)16(21)19-13-7-9-20(4)10-8-13/h5-6,11,13H,7-10,18H2,1-4H3,(H,19,21). The van der Waals surface area contributed by atoms with Crippen molar-refractivity contribution in [1.82, 2.24) is 10.2 Å². The van der Waals surface area contributed by atoms with Gasteiger partial charge in [0.25, 0.3) is 5.91 Å². The van der Waals surface area contributed by atoms with Gasteiger partial charge in [-0.15, -0.1) is 0 Å². The minimum atomic E-state index is -0.350. The van der Waals surface area contributed by atoms with E-state index in [0.717, 1.165) is 25.9 Å². The molecule has 122 valence electrons. The van der Waals surface area contributed by atoms with Crippen LogP contribution in [0.3, 0.4) is 0 Å². The van der Waals surface area contributed by atoms with Crippen molar-refractivity contribution < 1.29 is 9.53 Å². The highest BCUT2D eigenvalue weighted by Gasteiger charge is 2.20. The predicted octanol–water partition coefficient (Wildman–Crippen LogP) is 2.27. The summed E-state index contributed by atoms with van der Waals surface area (Å²) in [4.78, 5) is 14.7. The molecule has 0 atom stereocenters. The average Bonchev–Trinajstić information content (AvgIpc) is 2.42. The van der Waals surface area contributed by atoms with Crippen molar-refractivity contribution >= 4 is 11.6 Å². The highest BCUT2D eigenvalue weighted by Crippen LogP contribution is 2.27. The van der Waals surface area contributed by atoms with Gasteiger partial charge in [0.05, 0.1) is 5.69 Å². The molecule has 0 bridgehead atoms. The van der Waals surface area contributed by atoms with E-state index in [0.29, 0.717) is 17.0 Å². The molecular weight excluding hydrogens is 278 g/mol. The number of ether oxygens (including phenoxy) is 1. The number of benzene rings is 1. The van der Waals surface area contributed by atoms with E-state index in [1.165, 1.54) is 0 Å². The van der Waals surface area contributed by atoms with Gasteiger partial charge in [-0.2, -0.15) is 0 Å². The van der Waals surface area contributed by atoms with E-state index in [4.69, 9.17) is 10.5 Å². The molecule has 0 radical (unpaired) electrons. The van der Waals surface area contributed by atoms with Gasteiger partial charge in [0.2, 0.25) is 0 Å². The van der Waals surface area contributed by atoms with Crippen molar-refractivity contribution in [2.45, 2.75) is 45.3 Å². The SMILES string of the molecule is CN1CCC(NC(=O)c2ccc(N)c(OC(C)(C)C)c2)CC1. The normalized spacial score (nSPS) is 17.3. The Labute approximate surface area is 132 Å². The molecule has 1 saturated heterocycles. The molecule has 1 heterocycles. The molecule has 0 spiro atoms. The van der Waals surface area contributed by atoms with Crippen molar-refractivity contribution in [2.24, 2.45) is 0 Å². The number of piperidine rings is 1. The Kier molecular flexibility index (Phi) is 4.96. The lowest BCUT2D eigenvalue weighted by atomic mass is 10.0. The third-order valence-electron chi connectivity index (χ3n) is 3.75. The van der Waals surface area contributed by atoms with E-state index in [-0.39, 0.29) is 17.6 Å². The second-order valence-corrected chi connectivity index (χ2v) is 7.02. The maximum atomic E-state index is 12.4. The summed E-state index contributed by atoms with van der Waals surface area (Å²) in [6.07, 6.45) is 1.98. The van der Waals surface area contributed by atoms with E-state index >= 15 is 0 Å². The van der Waals surface area contributed by atoms with Crippen LogP contribution in [0.15, 0.2) is 18.2 Å². The summed E-state index contributed by atoms with van der Waals surface area (Å²) < 4.78 is 5.82. The van der Waals surface area contributed by atoms with Crippen molar-refractivity contribution in [2.75, 3.05) is 25.9 Å². The summed E-state index contributed by atoms with van der Waals surface area (Å²) in [5.41, 5.74) is 6.72. The third-order valence-corrected chi connectivity index (χ3v) is 3.75. The molecule has 22 heavy (non-hydrogen) atoms. The molecule has 5 nitrogen and oxygen atoms in total. The van der Waals surface area contributed by atoms with Crippen LogP contribution < -0.4 is 15.8 Å². The highest BCUT2D eigenvalue weighted by atomic mass is 16.5. The monoisotopic (exact) mass is 305 g/mol. The zero-order valence-corrected chi connectivity index (χ0v) is 14.0. The highest BCUT2D eigenvalue weighted by molar-refractivity contribution is 5.95. The number of nitrogens with zero attached hydrogens (tertiary/aromatic N) is 1. The summed E-state index contributed by atoms with van der Waals surface area (Å²) in [5, 5.41) is 3.10. The van der Waals surface area contributed by atoms with Gasteiger partial charge in [-0.3, -0.25) is 4.79 Å². The zero-order chi connectivity index (χ0) is 16.3. The number of carbonyl (C=O) groups is 1. The summed E-state index contributed by atoms with van der Waals surface area (Å²) in [5.74, 6) is 0.497. The number of amides is 1. The molecule has 1 aliphatic heterocycles. The first kappa shape index (κ1) is 16.6. The number of carbonyl (C=O) groups excluding carboxylic acids is 1. The first-order valence-electron chi connectivity index (χ1n) is 7.82. The smallest absolute Gasteiger partial charge is 0.251 e. The van der Waals surface area contributed by atoms with Gasteiger partial charge in [0.15, 0.2) is 0 Å². The molecule has 1 aromatic carbocycles. The fraction of sp³-hybridized carbons (Fsp3) is 0.588. The Morgan fingerprint density at radius 2 is 1.95 bits per heavy atom. The number of nitrogens with one attached hydrogen (secondary N) is 1. The molecule has 0 unspecified atom stereocenters. The average molecular weight is 305 g/mol. The minimum Gasteiger partial charge on any atom is -0.486 e. The Hall–Kier alpha value is -1.75. The number of rotatable bonds is 3. The van der Waals surface area contributed by atoms with Crippen LogP contribution >= 0.6 is 0 Å². The second-order valence-electron chi connectivity index (χ2n) is 7.02. The second kappa shape index (κ2) is 6.57. The number of nitrogen functional groups attached to an aromatic ring is 1. The van der Waals surface area contributed by atoms with Gasteiger partial charge in [0, 0.05) is 11.6 Å². The summed E-state index contributed by atoms with van der Waals surface area (Å²) >= 11 is 0. The summed E-state index contributed by atoms with van der Waals surface area (Å²) in [6, 6.07) is 5.44. The van der Waals surface area contributed by atoms with Crippen LogP contribution in [-0.4, -0.2) is 42.6 Å². The zero-order valence-electron chi connectivity index (χ0n) is 14.0. The lowest BCUT2D eigenvalue weighted by Gasteiger charge is -2.29. The lowest BCUT2D eigenvalue weighted by Crippen LogP contribution is -2.43. The van der Waals surface area contributed by atoms with E-state index in [1.54, 1.807) is 18.2 Å². The van der Waals surface area contributed by atoms with Gasteiger partial charge in [-0.25, -0.2) is 0 Å². The van der Waals surface area contributed by atoms with Crippen LogP contribution in [0.1, 0.15) is 44.0 Å². The fourth-order valence-electron chi connectivity index (χ4n) is 2.52. The van der Waals surface area contributed by atoms with Crippen LogP contribution in [0.5, 0.6) is 5.75 Å². The molecule has 2 rings (SSSR count). The van der Waals surface area contributed by atoms with Gasteiger partial charge in [0.1, 0.15) is 11.4 Å².